The zero-order chi connectivity index (χ0) is 20.6. The molecule has 0 radical (unpaired) electrons. The molecular weight excluding hydrogens is 426 g/mol. The molecule has 0 saturated carbocycles. The van der Waals surface area contributed by atoms with E-state index in [1.165, 1.54) is 37.3 Å². The average molecular weight is 460 g/mol. The van der Waals surface area contributed by atoms with E-state index in [9.17, 15) is 0 Å². The molecule has 0 bridgehead atoms. The Morgan fingerprint density at radius 3 is 2.38 bits per heavy atom. The molecule has 0 amide bonds. The molecule has 1 heterocycles. The lowest BCUT2D eigenvalue weighted by Gasteiger charge is -2.40. The average Bonchev–Trinajstić information content (AvgIpc) is 2.72. The van der Waals surface area contributed by atoms with Gasteiger partial charge in [-0.15, -0.1) is 0 Å². The Bertz CT molecular complexity index is 745. The van der Waals surface area contributed by atoms with Gasteiger partial charge in [0.15, 0.2) is 0 Å². The molecule has 3 rings (SSSR count). The first-order chi connectivity index (χ1) is 14.0. The number of nitrogens with one attached hydrogen (secondary N) is 1. The summed E-state index contributed by atoms with van der Waals surface area (Å²) in [5.41, 5.74) is 2.44. The van der Waals surface area contributed by atoms with Gasteiger partial charge >= 0.3 is 0 Å². The monoisotopic (exact) mass is 459 g/mol. The summed E-state index contributed by atoms with van der Waals surface area (Å²) in [7, 11) is 2.21. The number of halogens is 1. The second-order valence-corrected chi connectivity index (χ2v) is 9.17. The number of benzene rings is 2. The number of piperazine rings is 1. The van der Waals surface area contributed by atoms with E-state index >= 15 is 0 Å². The number of nitrogens with zero attached hydrogens (tertiary/aromatic N) is 2. The fourth-order valence-corrected chi connectivity index (χ4v) is 4.35. The Morgan fingerprint density at radius 2 is 1.72 bits per heavy atom. The molecule has 1 atom stereocenters. The third-order valence-corrected chi connectivity index (χ3v) is 6.31. The molecule has 1 aliphatic heterocycles. The summed E-state index contributed by atoms with van der Waals surface area (Å²) in [5, 5.41) is 3.68. The van der Waals surface area contributed by atoms with Crippen molar-refractivity contribution in [3.63, 3.8) is 0 Å². The maximum absolute atomic E-state index is 5.96. The summed E-state index contributed by atoms with van der Waals surface area (Å²) in [6, 6.07) is 17.2. The van der Waals surface area contributed by atoms with Gasteiger partial charge in [-0.25, -0.2) is 0 Å². The summed E-state index contributed by atoms with van der Waals surface area (Å²) in [6.45, 7) is 11.8. The smallest absolute Gasteiger partial charge is 0.134 e. The van der Waals surface area contributed by atoms with Crippen molar-refractivity contribution in [2.45, 2.75) is 33.0 Å². The van der Waals surface area contributed by atoms with Gasteiger partial charge in [0.1, 0.15) is 12.4 Å². The van der Waals surface area contributed by atoms with Crippen LogP contribution in [0.2, 0.25) is 0 Å². The quantitative estimate of drug-likeness (QED) is 0.601. The third-order valence-electron chi connectivity index (χ3n) is 5.69. The normalized spacial score (nSPS) is 16.9. The van der Waals surface area contributed by atoms with Crippen LogP contribution in [-0.4, -0.2) is 55.6 Å². The lowest BCUT2D eigenvalue weighted by Crippen LogP contribution is -2.53. The first-order valence-electron chi connectivity index (χ1n) is 10.6. The molecule has 2 aromatic rings. The van der Waals surface area contributed by atoms with E-state index in [2.05, 4.69) is 82.3 Å². The van der Waals surface area contributed by atoms with Crippen LogP contribution in [0.15, 0.2) is 53.0 Å². The Kier molecular flexibility index (Phi) is 8.54. The van der Waals surface area contributed by atoms with Gasteiger partial charge in [0, 0.05) is 45.3 Å². The highest BCUT2D eigenvalue weighted by Crippen LogP contribution is 2.27. The van der Waals surface area contributed by atoms with E-state index in [-0.39, 0.29) is 0 Å². The Balaban J connectivity index is 1.49. The molecule has 1 fully saturated rings. The number of rotatable bonds is 9. The number of ether oxygens (including phenoxy) is 1. The predicted octanol–water partition coefficient (Wildman–Crippen LogP) is 4.39. The van der Waals surface area contributed by atoms with Crippen molar-refractivity contribution in [2.24, 2.45) is 5.92 Å². The molecule has 1 aliphatic rings. The van der Waals surface area contributed by atoms with Crippen molar-refractivity contribution in [3.05, 3.63) is 64.1 Å². The molecule has 5 heteroatoms. The molecule has 29 heavy (non-hydrogen) atoms. The van der Waals surface area contributed by atoms with Crippen molar-refractivity contribution in [1.29, 1.82) is 0 Å². The van der Waals surface area contributed by atoms with Crippen molar-refractivity contribution >= 4 is 15.9 Å². The highest BCUT2D eigenvalue weighted by molar-refractivity contribution is 9.10. The van der Waals surface area contributed by atoms with E-state index in [4.69, 9.17) is 4.74 Å². The van der Waals surface area contributed by atoms with Gasteiger partial charge in [-0.3, -0.25) is 4.90 Å². The summed E-state index contributed by atoms with van der Waals surface area (Å²) in [4.78, 5) is 5.06. The van der Waals surface area contributed by atoms with Crippen LogP contribution in [0.25, 0.3) is 0 Å². The Morgan fingerprint density at radius 1 is 1.00 bits per heavy atom. The summed E-state index contributed by atoms with van der Waals surface area (Å²) in [6.07, 6.45) is 0. The van der Waals surface area contributed by atoms with E-state index in [0.29, 0.717) is 18.6 Å². The molecule has 158 valence electrons. The first-order valence-corrected chi connectivity index (χ1v) is 11.4. The fraction of sp³-hybridized carbons (Fsp3) is 0.500. The van der Waals surface area contributed by atoms with Gasteiger partial charge in [0.25, 0.3) is 0 Å². The van der Waals surface area contributed by atoms with Crippen LogP contribution in [0.4, 0.5) is 0 Å². The van der Waals surface area contributed by atoms with Crippen LogP contribution >= 0.6 is 15.9 Å². The van der Waals surface area contributed by atoms with E-state index in [0.717, 1.165) is 23.3 Å². The summed E-state index contributed by atoms with van der Waals surface area (Å²) in [5.74, 6) is 1.53. The minimum Gasteiger partial charge on any atom is -0.488 e. The van der Waals surface area contributed by atoms with Gasteiger partial charge in [0.2, 0.25) is 0 Å². The van der Waals surface area contributed by atoms with Gasteiger partial charge in [0.05, 0.1) is 4.47 Å². The highest BCUT2D eigenvalue weighted by Gasteiger charge is 2.24. The van der Waals surface area contributed by atoms with E-state index < -0.39 is 0 Å². The molecule has 0 spiro atoms. The highest BCUT2D eigenvalue weighted by atomic mass is 79.9. The molecule has 1 unspecified atom stereocenters. The fourth-order valence-electron chi connectivity index (χ4n) is 3.81. The molecule has 0 aromatic heterocycles. The lowest BCUT2D eigenvalue weighted by atomic mass is 10.0. The first kappa shape index (κ1) is 22.3. The Labute approximate surface area is 184 Å². The van der Waals surface area contributed by atoms with Crippen LogP contribution in [0.1, 0.15) is 25.0 Å². The van der Waals surface area contributed by atoms with Gasteiger partial charge in [-0.05, 0) is 52.2 Å². The van der Waals surface area contributed by atoms with Crippen molar-refractivity contribution in [2.75, 3.05) is 39.8 Å². The maximum atomic E-state index is 5.96. The number of likely N-dealkylation sites (N-methyl/N-ethyl adjacent to an activating group) is 1. The minimum atomic E-state index is 0.581. The molecule has 2 aromatic carbocycles. The minimum absolute atomic E-state index is 0.581. The predicted molar refractivity (Wildman–Crippen MR) is 124 cm³/mol. The van der Waals surface area contributed by atoms with Gasteiger partial charge in [-0.2, -0.15) is 0 Å². The van der Waals surface area contributed by atoms with Crippen LogP contribution < -0.4 is 10.1 Å². The number of hydrogen-bond donors (Lipinski definition) is 1. The zero-order valence-electron chi connectivity index (χ0n) is 17.9. The zero-order valence-corrected chi connectivity index (χ0v) is 19.5. The van der Waals surface area contributed by atoms with Crippen LogP contribution in [0.5, 0.6) is 5.75 Å². The topological polar surface area (TPSA) is 27.7 Å². The van der Waals surface area contributed by atoms with Gasteiger partial charge in [-0.1, -0.05) is 50.2 Å². The standard InChI is InChI=1S/C24H34BrN3O/c1-19(2)23(28-13-11-27(3)12-14-28)17-26-16-21-9-10-24(22(25)15-21)29-18-20-7-5-4-6-8-20/h4-10,15,19,23,26H,11-14,16-18H2,1-3H3. The molecule has 4 nitrogen and oxygen atoms in total. The van der Waals surface area contributed by atoms with Crippen molar-refractivity contribution in [3.8, 4) is 5.75 Å². The maximum Gasteiger partial charge on any atom is 0.134 e. The molecular formula is C24H34BrN3O. The van der Waals surface area contributed by atoms with E-state index in [1.54, 1.807) is 0 Å². The Hall–Kier alpha value is -1.40. The third kappa shape index (κ3) is 6.82. The van der Waals surface area contributed by atoms with Crippen molar-refractivity contribution < 1.29 is 4.74 Å². The summed E-state index contributed by atoms with van der Waals surface area (Å²) >= 11 is 3.67. The number of hydrogen-bond acceptors (Lipinski definition) is 4. The summed E-state index contributed by atoms with van der Waals surface area (Å²) < 4.78 is 6.97. The van der Waals surface area contributed by atoms with Crippen molar-refractivity contribution in [1.82, 2.24) is 15.1 Å². The molecule has 0 aliphatic carbocycles. The SMILES string of the molecule is CC(C)C(CNCc1ccc(OCc2ccccc2)c(Br)c1)N1CCN(C)CC1. The van der Waals surface area contributed by atoms with E-state index in [1.807, 2.05) is 18.2 Å². The van der Waals surface area contributed by atoms with Crippen LogP contribution in [0.3, 0.4) is 0 Å². The molecule has 1 N–H and O–H groups in total. The molecule has 1 saturated heterocycles. The lowest BCUT2D eigenvalue weighted by molar-refractivity contribution is 0.0875. The van der Waals surface area contributed by atoms with Crippen LogP contribution in [-0.2, 0) is 13.2 Å². The van der Waals surface area contributed by atoms with Gasteiger partial charge < -0.3 is 15.0 Å². The largest absolute Gasteiger partial charge is 0.488 e. The van der Waals surface area contributed by atoms with Crippen LogP contribution in [0, 0.1) is 5.92 Å². The second kappa shape index (κ2) is 11.1. The second-order valence-electron chi connectivity index (χ2n) is 8.32.